The molecule has 1 aliphatic rings. The number of hydrogen-bond donors (Lipinski definition) is 1. The van der Waals surface area contributed by atoms with Gasteiger partial charge in [0.2, 0.25) is 15.9 Å². The number of aromatic nitrogens is 2. The zero-order valence-corrected chi connectivity index (χ0v) is 15.2. The molecule has 0 amide bonds. The van der Waals surface area contributed by atoms with Crippen molar-refractivity contribution < 1.29 is 27.4 Å². The van der Waals surface area contributed by atoms with Gasteiger partial charge >= 0.3 is 5.97 Å². The Kier molecular flexibility index (Phi) is 4.49. The molecule has 2 aromatic rings. The summed E-state index contributed by atoms with van der Waals surface area (Å²) in [5.41, 5.74) is -0.426. The van der Waals surface area contributed by atoms with Crippen LogP contribution < -0.4 is 4.74 Å². The fourth-order valence-corrected chi connectivity index (χ4v) is 3.63. The number of fused-ring (bicyclic) bond motifs is 1. The summed E-state index contributed by atoms with van der Waals surface area (Å²) in [6.45, 7) is 2.26. The van der Waals surface area contributed by atoms with Gasteiger partial charge in [-0.3, -0.25) is 0 Å². The van der Waals surface area contributed by atoms with Crippen LogP contribution in [0, 0.1) is 5.82 Å². The van der Waals surface area contributed by atoms with Gasteiger partial charge < -0.3 is 9.84 Å². The number of hydrogen-bond acceptors (Lipinski definition) is 5. The fraction of sp³-hybridized carbons (Fsp3) is 0.375. The van der Waals surface area contributed by atoms with Crippen molar-refractivity contribution in [1.29, 1.82) is 0 Å². The summed E-state index contributed by atoms with van der Waals surface area (Å²) >= 11 is 0. The van der Waals surface area contributed by atoms with Gasteiger partial charge in [-0.2, -0.15) is 5.10 Å². The van der Waals surface area contributed by atoms with Gasteiger partial charge in [0.1, 0.15) is 17.1 Å². The van der Waals surface area contributed by atoms with Gasteiger partial charge in [0.15, 0.2) is 0 Å². The maximum absolute atomic E-state index is 14.6. The Balaban J connectivity index is 2.15. The van der Waals surface area contributed by atoms with Crippen LogP contribution in [0.4, 0.5) is 4.39 Å². The predicted molar refractivity (Wildman–Crippen MR) is 90.2 cm³/mol. The summed E-state index contributed by atoms with van der Waals surface area (Å²) in [5, 5.41) is 13.7. The van der Waals surface area contributed by atoms with E-state index in [-0.39, 0.29) is 33.7 Å². The average molecular weight is 383 g/mol. The number of carbonyl (C=O) groups is 1. The molecule has 3 rings (SSSR count). The number of aryl methyl sites for hydroxylation is 1. The minimum Gasteiger partial charge on any atom is -0.477 e. The van der Waals surface area contributed by atoms with Crippen molar-refractivity contribution in [3.05, 3.63) is 29.6 Å². The zero-order valence-electron chi connectivity index (χ0n) is 14.4. The van der Waals surface area contributed by atoms with E-state index in [1.807, 2.05) is 6.92 Å². The standard InChI is InChI=1S/C16H18FN3O5S/c1-9-6-7-20-15(25-9)13(16(21)22)14(18-20)11-5-4-10(8-12(11)17)26(23,24)19(2)3/h4-5,8-9H,6-7H2,1-3H3,(H,21,22)/t9-/m1/s1. The molecular weight excluding hydrogens is 365 g/mol. The highest BCUT2D eigenvalue weighted by atomic mass is 32.2. The van der Waals surface area contributed by atoms with Crippen LogP contribution in [0.5, 0.6) is 5.88 Å². The number of benzene rings is 1. The van der Waals surface area contributed by atoms with Crippen LogP contribution in [0.15, 0.2) is 23.1 Å². The molecule has 8 nitrogen and oxygen atoms in total. The molecule has 2 heterocycles. The molecule has 26 heavy (non-hydrogen) atoms. The van der Waals surface area contributed by atoms with Gasteiger partial charge in [0.25, 0.3) is 0 Å². The lowest BCUT2D eigenvalue weighted by Gasteiger charge is -2.21. The molecule has 1 aromatic heterocycles. The largest absolute Gasteiger partial charge is 0.477 e. The molecule has 0 fully saturated rings. The molecule has 10 heteroatoms. The van der Waals surface area contributed by atoms with Crippen molar-refractivity contribution in [3.8, 4) is 17.1 Å². The summed E-state index contributed by atoms with van der Waals surface area (Å²) in [7, 11) is -1.13. The van der Waals surface area contributed by atoms with Gasteiger partial charge in [-0.1, -0.05) is 0 Å². The number of aromatic carboxylic acids is 1. The number of sulfonamides is 1. The third-order valence-corrected chi connectivity index (χ3v) is 5.97. The highest BCUT2D eigenvalue weighted by Gasteiger charge is 2.31. The van der Waals surface area contributed by atoms with Crippen molar-refractivity contribution >= 4 is 16.0 Å². The third kappa shape index (κ3) is 2.95. The SMILES string of the molecule is C[C@@H]1CCn2nc(-c3ccc(S(=O)(=O)N(C)C)cc3F)c(C(=O)O)c2O1. The van der Waals surface area contributed by atoms with Crippen LogP contribution in [0.3, 0.4) is 0 Å². The third-order valence-electron chi connectivity index (χ3n) is 4.15. The smallest absolute Gasteiger partial charge is 0.343 e. The fourth-order valence-electron chi connectivity index (χ4n) is 2.71. The van der Waals surface area contributed by atoms with E-state index in [1.165, 1.54) is 30.9 Å². The zero-order chi connectivity index (χ0) is 19.2. The van der Waals surface area contributed by atoms with Crippen molar-refractivity contribution in [2.24, 2.45) is 0 Å². The number of ether oxygens (including phenoxy) is 1. The second kappa shape index (κ2) is 6.36. The van der Waals surface area contributed by atoms with E-state index in [0.29, 0.717) is 13.0 Å². The van der Waals surface area contributed by atoms with E-state index in [0.717, 1.165) is 10.4 Å². The van der Waals surface area contributed by atoms with Crippen LogP contribution in [-0.2, 0) is 16.6 Å². The van der Waals surface area contributed by atoms with E-state index >= 15 is 0 Å². The van der Waals surface area contributed by atoms with Gasteiger partial charge in [-0.15, -0.1) is 0 Å². The predicted octanol–water partition coefficient (Wildman–Crippen LogP) is 1.81. The molecule has 140 valence electrons. The normalized spacial score (nSPS) is 17.0. The van der Waals surface area contributed by atoms with E-state index in [1.54, 1.807) is 0 Å². The summed E-state index contributed by atoms with van der Waals surface area (Å²) in [4.78, 5) is 11.5. The molecule has 1 aliphatic heterocycles. The summed E-state index contributed by atoms with van der Waals surface area (Å²) in [6, 6.07) is 3.30. The van der Waals surface area contributed by atoms with Crippen molar-refractivity contribution in [3.63, 3.8) is 0 Å². The Morgan fingerprint density at radius 1 is 1.42 bits per heavy atom. The molecule has 0 aliphatic carbocycles. The molecule has 0 radical (unpaired) electrons. The Morgan fingerprint density at radius 3 is 2.69 bits per heavy atom. The first-order chi connectivity index (χ1) is 12.1. The van der Waals surface area contributed by atoms with E-state index < -0.39 is 21.8 Å². The number of nitrogens with zero attached hydrogens (tertiary/aromatic N) is 3. The van der Waals surface area contributed by atoms with E-state index in [2.05, 4.69) is 5.10 Å². The molecule has 0 saturated heterocycles. The first kappa shape index (κ1) is 18.3. The van der Waals surface area contributed by atoms with Crippen molar-refractivity contribution in [2.45, 2.75) is 30.9 Å². The maximum atomic E-state index is 14.6. The van der Waals surface area contributed by atoms with Gasteiger partial charge in [-0.05, 0) is 25.1 Å². The Bertz CT molecular complexity index is 984. The molecular formula is C16H18FN3O5S. The summed E-state index contributed by atoms with van der Waals surface area (Å²) in [5.74, 6) is -2.09. The monoisotopic (exact) mass is 383 g/mol. The number of carboxylic acids is 1. The molecule has 1 aromatic carbocycles. The van der Waals surface area contributed by atoms with Crippen LogP contribution in [0.2, 0.25) is 0 Å². The quantitative estimate of drug-likeness (QED) is 0.864. The van der Waals surface area contributed by atoms with Crippen LogP contribution >= 0.6 is 0 Å². The van der Waals surface area contributed by atoms with E-state index in [4.69, 9.17) is 4.74 Å². The van der Waals surface area contributed by atoms with Gasteiger partial charge in [0.05, 0.1) is 11.0 Å². The minimum absolute atomic E-state index is 0.0793. The Hall–Kier alpha value is -2.46. The van der Waals surface area contributed by atoms with Gasteiger partial charge in [-0.25, -0.2) is 26.6 Å². The lowest BCUT2D eigenvalue weighted by atomic mass is 10.1. The highest BCUT2D eigenvalue weighted by molar-refractivity contribution is 7.89. The minimum atomic E-state index is -3.81. The molecule has 0 bridgehead atoms. The van der Waals surface area contributed by atoms with Crippen LogP contribution in [-0.4, -0.2) is 53.8 Å². The second-order valence-corrected chi connectivity index (χ2v) is 8.36. The van der Waals surface area contributed by atoms with Crippen molar-refractivity contribution in [1.82, 2.24) is 14.1 Å². The van der Waals surface area contributed by atoms with E-state index in [9.17, 15) is 22.7 Å². The molecule has 0 saturated carbocycles. The lowest BCUT2D eigenvalue weighted by molar-refractivity contribution is 0.0684. The molecule has 1 atom stereocenters. The number of rotatable bonds is 4. The topological polar surface area (TPSA) is 102 Å². The second-order valence-electron chi connectivity index (χ2n) is 6.20. The molecule has 1 N–H and O–H groups in total. The number of carboxylic acid groups (broad SMARTS) is 1. The van der Waals surface area contributed by atoms with Crippen LogP contribution in [0.25, 0.3) is 11.3 Å². The first-order valence-electron chi connectivity index (χ1n) is 7.86. The summed E-state index contributed by atoms with van der Waals surface area (Å²) in [6.07, 6.45) is 0.470. The van der Waals surface area contributed by atoms with Crippen molar-refractivity contribution in [2.75, 3.05) is 14.1 Å². The Labute approximate surface area is 149 Å². The Morgan fingerprint density at radius 2 is 2.12 bits per heavy atom. The molecule has 0 spiro atoms. The first-order valence-corrected chi connectivity index (χ1v) is 9.30. The average Bonchev–Trinajstić information content (AvgIpc) is 2.92. The lowest BCUT2D eigenvalue weighted by Crippen LogP contribution is -2.24. The highest BCUT2D eigenvalue weighted by Crippen LogP contribution is 2.35. The summed E-state index contributed by atoms with van der Waals surface area (Å²) < 4.78 is 46.8. The molecule has 0 unspecified atom stereocenters. The van der Waals surface area contributed by atoms with Crippen LogP contribution in [0.1, 0.15) is 23.7 Å². The maximum Gasteiger partial charge on any atom is 0.343 e. The van der Waals surface area contributed by atoms with Gasteiger partial charge in [0, 0.05) is 32.6 Å². The number of halogens is 1.